The van der Waals surface area contributed by atoms with Crippen LogP contribution in [0, 0.1) is 3.57 Å². The van der Waals surface area contributed by atoms with E-state index in [1.807, 2.05) is 22.6 Å². The van der Waals surface area contributed by atoms with Crippen LogP contribution >= 0.6 is 22.6 Å². The lowest BCUT2D eigenvalue weighted by molar-refractivity contribution is -0.140. The number of nitrogens with one attached hydrogen (secondary N) is 1. The van der Waals surface area contributed by atoms with Gasteiger partial charge in [-0.2, -0.15) is 0 Å². The van der Waals surface area contributed by atoms with Gasteiger partial charge in [-0.15, -0.1) is 0 Å². The Morgan fingerprint density at radius 2 is 1.63 bits per heavy atom. The number of hydrogen-bond donors (Lipinski definition) is 3. The summed E-state index contributed by atoms with van der Waals surface area (Å²) in [6.07, 6.45) is 0. The summed E-state index contributed by atoms with van der Waals surface area (Å²) in [7, 11) is 0. The topological polar surface area (TPSA) is 107 Å². The van der Waals surface area contributed by atoms with Gasteiger partial charge in [0.2, 0.25) is 0 Å². The standard InChI is InChI=1S/C11H11IN2O5/c12-7-3-1-2-4-8(7)13-11(19)14(5-9(15)16)6-10(17)18/h1-4H,5-6H2,(H,13,19)(H,15,16)(H,17,18). The van der Waals surface area contributed by atoms with E-state index in [0.717, 1.165) is 3.57 Å². The highest BCUT2D eigenvalue weighted by atomic mass is 127. The highest BCUT2D eigenvalue weighted by Crippen LogP contribution is 2.17. The zero-order valence-electron chi connectivity index (χ0n) is 9.67. The van der Waals surface area contributed by atoms with Gasteiger partial charge in [-0.3, -0.25) is 9.59 Å². The van der Waals surface area contributed by atoms with Crippen molar-refractivity contribution in [1.82, 2.24) is 4.90 Å². The number of carbonyl (C=O) groups excluding carboxylic acids is 1. The van der Waals surface area contributed by atoms with Crippen LogP contribution < -0.4 is 5.32 Å². The number of carboxylic acid groups (broad SMARTS) is 2. The molecular weight excluding hydrogens is 367 g/mol. The van der Waals surface area contributed by atoms with E-state index < -0.39 is 31.1 Å². The molecule has 1 rings (SSSR count). The maximum absolute atomic E-state index is 11.8. The molecule has 1 aromatic carbocycles. The van der Waals surface area contributed by atoms with Gasteiger partial charge < -0.3 is 20.4 Å². The minimum Gasteiger partial charge on any atom is -0.480 e. The predicted octanol–water partition coefficient (Wildman–Crippen LogP) is 1.29. The molecule has 0 saturated heterocycles. The molecule has 2 amide bonds. The van der Waals surface area contributed by atoms with Gasteiger partial charge in [-0.25, -0.2) is 4.79 Å². The number of benzene rings is 1. The maximum atomic E-state index is 11.8. The van der Waals surface area contributed by atoms with Crippen LogP contribution in [0.1, 0.15) is 0 Å². The molecular formula is C11H11IN2O5. The van der Waals surface area contributed by atoms with Crippen molar-refractivity contribution in [3.63, 3.8) is 0 Å². The van der Waals surface area contributed by atoms with E-state index >= 15 is 0 Å². The average molecular weight is 378 g/mol. The van der Waals surface area contributed by atoms with Gasteiger partial charge >= 0.3 is 18.0 Å². The number of halogens is 1. The lowest BCUT2D eigenvalue weighted by Gasteiger charge is -2.19. The number of carbonyl (C=O) groups is 3. The summed E-state index contributed by atoms with van der Waals surface area (Å²) in [6, 6.07) is 6.11. The van der Waals surface area contributed by atoms with Crippen molar-refractivity contribution in [2.75, 3.05) is 18.4 Å². The number of hydrogen-bond acceptors (Lipinski definition) is 3. The molecule has 0 heterocycles. The summed E-state index contributed by atoms with van der Waals surface area (Å²) in [6.45, 7) is -1.36. The molecule has 0 aliphatic rings. The number of anilines is 1. The fourth-order valence-corrected chi connectivity index (χ4v) is 1.81. The minimum atomic E-state index is -1.28. The molecule has 0 aliphatic carbocycles. The SMILES string of the molecule is O=C(O)CN(CC(=O)O)C(=O)Nc1ccccc1I. The van der Waals surface area contributed by atoms with Crippen LogP contribution in [-0.2, 0) is 9.59 Å². The Kier molecular flexibility index (Phi) is 5.55. The Hall–Kier alpha value is -1.84. The second kappa shape index (κ2) is 6.92. The zero-order chi connectivity index (χ0) is 14.4. The molecule has 3 N–H and O–H groups in total. The maximum Gasteiger partial charge on any atom is 0.323 e. The largest absolute Gasteiger partial charge is 0.480 e. The summed E-state index contributed by atoms with van der Waals surface area (Å²) in [5.41, 5.74) is 0.494. The van der Waals surface area contributed by atoms with Crippen LogP contribution in [0.15, 0.2) is 24.3 Å². The highest BCUT2D eigenvalue weighted by Gasteiger charge is 2.20. The van der Waals surface area contributed by atoms with Crippen LogP contribution in [0.5, 0.6) is 0 Å². The van der Waals surface area contributed by atoms with Gasteiger partial charge in [0.25, 0.3) is 0 Å². The first-order valence-electron chi connectivity index (χ1n) is 5.14. The number of nitrogens with zero attached hydrogens (tertiary/aromatic N) is 1. The summed E-state index contributed by atoms with van der Waals surface area (Å²) >= 11 is 2.00. The van der Waals surface area contributed by atoms with E-state index in [1.54, 1.807) is 24.3 Å². The zero-order valence-corrected chi connectivity index (χ0v) is 11.8. The fraction of sp³-hybridized carbons (Fsp3) is 0.182. The number of aliphatic carboxylic acids is 2. The van der Waals surface area contributed by atoms with Gasteiger partial charge in [0, 0.05) is 3.57 Å². The number of carboxylic acids is 2. The molecule has 19 heavy (non-hydrogen) atoms. The number of urea groups is 1. The molecule has 0 saturated carbocycles. The van der Waals surface area contributed by atoms with E-state index in [0.29, 0.717) is 10.6 Å². The molecule has 0 atom stereocenters. The molecule has 0 aromatic heterocycles. The third-order valence-electron chi connectivity index (χ3n) is 2.05. The van der Waals surface area contributed by atoms with Crippen LogP contribution in [0.25, 0.3) is 0 Å². The van der Waals surface area contributed by atoms with E-state index in [1.165, 1.54) is 0 Å². The average Bonchev–Trinajstić information content (AvgIpc) is 2.30. The van der Waals surface area contributed by atoms with Crippen LogP contribution in [-0.4, -0.2) is 46.2 Å². The Morgan fingerprint density at radius 3 is 2.11 bits per heavy atom. The van der Waals surface area contributed by atoms with Gasteiger partial charge in [0.1, 0.15) is 13.1 Å². The third kappa shape index (κ3) is 5.12. The van der Waals surface area contributed by atoms with Gasteiger partial charge in [-0.1, -0.05) is 12.1 Å². The first-order valence-corrected chi connectivity index (χ1v) is 6.22. The smallest absolute Gasteiger partial charge is 0.323 e. The predicted molar refractivity (Wildman–Crippen MR) is 75.0 cm³/mol. The number of rotatable bonds is 5. The van der Waals surface area contributed by atoms with Crippen LogP contribution in [0.2, 0.25) is 0 Å². The van der Waals surface area contributed by atoms with Gasteiger partial charge in [0.15, 0.2) is 0 Å². The van der Waals surface area contributed by atoms with E-state index in [4.69, 9.17) is 10.2 Å². The third-order valence-corrected chi connectivity index (χ3v) is 3.00. The van der Waals surface area contributed by atoms with Crippen molar-refractivity contribution in [3.8, 4) is 0 Å². The molecule has 0 fully saturated rings. The Labute approximate surface area is 122 Å². The molecule has 0 unspecified atom stereocenters. The lowest BCUT2D eigenvalue weighted by Crippen LogP contribution is -2.42. The molecule has 1 aromatic rings. The van der Waals surface area contributed by atoms with Gasteiger partial charge in [-0.05, 0) is 34.7 Å². The number of para-hydroxylation sites is 1. The Morgan fingerprint density at radius 1 is 1.11 bits per heavy atom. The molecule has 7 nitrogen and oxygen atoms in total. The summed E-state index contributed by atoms with van der Waals surface area (Å²) < 4.78 is 0.763. The second-order valence-corrected chi connectivity index (χ2v) is 4.72. The van der Waals surface area contributed by atoms with E-state index in [2.05, 4.69) is 5.32 Å². The molecule has 0 bridgehead atoms. The van der Waals surface area contributed by atoms with E-state index in [-0.39, 0.29) is 0 Å². The van der Waals surface area contributed by atoms with Crippen LogP contribution in [0.3, 0.4) is 0 Å². The fourth-order valence-electron chi connectivity index (χ4n) is 1.28. The lowest BCUT2D eigenvalue weighted by atomic mass is 10.3. The Bertz CT molecular complexity index is 490. The summed E-state index contributed by atoms with van der Waals surface area (Å²) in [5.74, 6) is -2.56. The quantitative estimate of drug-likeness (QED) is 0.670. The first-order chi connectivity index (χ1) is 8.90. The normalized spacial score (nSPS) is 9.74. The molecule has 102 valence electrons. The number of amides is 2. The van der Waals surface area contributed by atoms with Crippen LogP contribution in [0.4, 0.5) is 10.5 Å². The van der Waals surface area contributed by atoms with Crippen molar-refractivity contribution in [2.45, 2.75) is 0 Å². The molecule has 0 aliphatic heterocycles. The summed E-state index contributed by atoms with van der Waals surface area (Å²) in [5, 5.41) is 19.8. The summed E-state index contributed by atoms with van der Waals surface area (Å²) in [4.78, 5) is 33.7. The minimum absolute atomic E-state index is 0.494. The van der Waals surface area contributed by atoms with Crippen molar-refractivity contribution in [1.29, 1.82) is 0 Å². The van der Waals surface area contributed by atoms with Gasteiger partial charge in [0.05, 0.1) is 5.69 Å². The highest BCUT2D eigenvalue weighted by molar-refractivity contribution is 14.1. The molecule has 0 spiro atoms. The first kappa shape index (κ1) is 15.2. The van der Waals surface area contributed by atoms with Crippen molar-refractivity contribution < 1.29 is 24.6 Å². The Balaban J connectivity index is 2.79. The van der Waals surface area contributed by atoms with Crippen molar-refractivity contribution in [3.05, 3.63) is 27.8 Å². The molecule has 0 radical (unpaired) electrons. The monoisotopic (exact) mass is 378 g/mol. The second-order valence-electron chi connectivity index (χ2n) is 3.55. The van der Waals surface area contributed by atoms with E-state index in [9.17, 15) is 14.4 Å². The molecule has 8 heteroatoms. The van der Waals surface area contributed by atoms with Crippen molar-refractivity contribution in [2.24, 2.45) is 0 Å². The van der Waals surface area contributed by atoms with Crippen molar-refractivity contribution >= 4 is 46.2 Å².